The molecule has 0 bridgehead atoms. The van der Waals surface area contributed by atoms with E-state index in [9.17, 15) is 4.79 Å². The van der Waals surface area contributed by atoms with Crippen LogP contribution in [-0.4, -0.2) is 39.2 Å². The van der Waals surface area contributed by atoms with Crippen LogP contribution in [0, 0.1) is 3.83 Å². The van der Waals surface area contributed by atoms with Crippen molar-refractivity contribution in [3.8, 4) is 0 Å². The molecule has 0 saturated carbocycles. The molecule has 0 spiro atoms. The largest absolute Gasteiger partial charge is 0.444 e. The van der Waals surface area contributed by atoms with E-state index >= 15 is 0 Å². The Labute approximate surface area is 139 Å². The van der Waals surface area contributed by atoms with Crippen molar-refractivity contribution >= 4 is 28.7 Å². The molecule has 0 saturated heterocycles. The van der Waals surface area contributed by atoms with Gasteiger partial charge in [-0.3, -0.25) is 0 Å². The third-order valence-corrected chi connectivity index (χ3v) is 4.23. The van der Waals surface area contributed by atoms with Crippen molar-refractivity contribution in [1.82, 2.24) is 14.5 Å². The van der Waals surface area contributed by atoms with Crippen LogP contribution in [0.3, 0.4) is 0 Å². The first-order valence-electron chi connectivity index (χ1n) is 7.08. The number of rotatable bonds is 2. The molecule has 6 heteroatoms. The molecule has 116 valence electrons. The van der Waals surface area contributed by atoms with Crippen molar-refractivity contribution in [3.63, 3.8) is 0 Å². The second-order valence-corrected chi connectivity index (χ2v) is 7.29. The molecular weight excluding hydrogens is 381 g/mol. The number of imidazole rings is 1. The molecule has 0 aromatic carbocycles. The molecule has 0 fully saturated rings. The Bertz CT molecular complexity index is 538. The topological polar surface area (TPSA) is 47.4 Å². The normalized spacial score (nSPS) is 15.9. The minimum Gasteiger partial charge on any atom is -0.444 e. The van der Waals surface area contributed by atoms with Crippen LogP contribution in [0.15, 0.2) is 17.8 Å². The zero-order valence-corrected chi connectivity index (χ0v) is 15.2. The van der Waals surface area contributed by atoms with Gasteiger partial charge in [0.1, 0.15) is 5.60 Å². The Kier molecular flexibility index (Phi) is 4.95. The molecule has 0 unspecified atom stereocenters. The Balaban J connectivity index is 1.91. The average molecular weight is 403 g/mol. The number of hydrogen-bond donors (Lipinski definition) is 0. The highest BCUT2D eigenvalue weighted by molar-refractivity contribution is 14.1. The van der Waals surface area contributed by atoms with Crippen LogP contribution in [0.4, 0.5) is 4.79 Å². The molecule has 1 amide bonds. The summed E-state index contributed by atoms with van der Waals surface area (Å²) in [6, 6.07) is 0. The number of hydrogen-bond acceptors (Lipinski definition) is 3. The molecule has 5 nitrogen and oxygen atoms in total. The lowest BCUT2D eigenvalue weighted by Gasteiger charge is -2.29. The fraction of sp³-hybridized carbons (Fsp3) is 0.600. The number of halogens is 1. The molecular formula is C15H22IN3O2. The molecule has 0 atom stereocenters. The summed E-state index contributed by atoms with van der Waals surface area (Å²) >= 11 is 2.23. The summed E-state index contributed by atoms with van der Waals surface area (Å²) in [6.45, 7) is 7.00. The Morgan fingerprint density at radius 2 is 2.19 bits per heavy atom. The first-order chi connectivity index (χ1) is 9.74. The Hall–Kier alpha value is -1.05. The number of nitrogens with zero attached hydrogens (tertiary/aromatic N) is 3. The lowest BCUT2D eigenvalue weighted by atomic mass is 10.0. The SMILES string of the molecule is Cn1cc(CC2=CCN(C(=O)OC(C)(C)C)CC2)nc1I. The molecule has 1 aliphatic heterocycles. The van der Waals surface area contributed by atoms with Gasteiger partial charge in [-0.05, 0) is 49.8 Å². The van der Waals surface area contributed by atoms with Gasteiger partial charge in [-0.1, -0.05) is 11.6 Å². The maximum absolute atomic E-state index is 12.0. The van der Waals surface area contributed by atoms with Gasteiger partial charge >= 0.3 is 6.09 Å². The van der Waals surface area contributed by atoms with Gasteiger partial charge in [-0.25, -0.2) is 9.78 Å². The van der Waals surface area contributed by atoms with Crippen molar-refractivity contribution in [2.75, 3.05) is 13.1 Å². The van der Waals surface area contributed by atoms with Crippen molar-refractivity contribution in [3.05, 3.63) is 27.4 Å². The highest BCUT2D eigenvalue weighted by atomic mass is 127. The number of aromatic nitrogens is 2. The minimum atomic E-state index is -0.439. The van der Waals surface area contributed by atoms with Crippen LogP contribution in [0.25, 0.3) is 0 Å². The van der Waals surface area contributed by atoms with Gasteiger partial charge in [0.2, 0.25) is 0 Å². The summed E-state index contributed by atoms with van der Waals surface area (Å²) in [5.41, 5.74) is 1.98. The van der Waals surface area contributed by atoms with E-state index in [0.29, 0.717) is 13.1 Å². The molecule has 1 aromatic heterocycles. The monoisotopic (exact) mass is 403 g/mol. The second kappa shape index (κ2) is 6.37. The predicted molar refractivity (Wildman–Crippen MR) is 90.1 cm³/mol. The summed E-state index contributed by atoms with van der Waals surface area (Å²) in [7, 11) is 2.00. The van der Waals surface area contributed by atoms with Gasteiger partial charge in [0, 0.05) is 32.8 Å². The zero-order chi connectivity index (χ0) is 15.6. The van der Waals surface area contributed by atoms with Crippen LogP contribution in [-0.2, 0) is 18.2 Å². The number of aryl methyl sites for hydroxylation is 1. The fourth-order valence-corrected chi connectivity index (χ4v) is 2.63. The molecule has 0 aliphatic carbocycles. The number of carbonyl (C=O) groups excluding carboxylic acids is 1. The lowest BCUT2D eigenvalue weighted by Crippen LogP contribution is -2.39. The third-order valence-electron chi connectivity index (χ3n) is 3.23. The molecule has 0 radical (unpaired) electrons. The Morgan fingerprint density at radius 1 is 1.48 bits per heavy atom. The van der Waals surface area contributed by atoms with E-state index in [0.717, 1.165) is 22.4 Å². The van der Waals surface area contributed by atoms with Gasteiger partial charge in [-0.15, -0.1) is 0 Å². The lowest BCUT2D eigenvalue weighted by molar-refractivity contribution is 0.0265. The van der Waals surface area contributed by atoms with Gasteiger partial charge in [0.25, 0.3) is 0 Å². The van der Waals surface area contributed by atoms with Gasteiger partial charge in [-0.2, -0.15) is 0 Å². The van der Waals surface area contributed by atoms with Crippen LogP contribution in [0.5, 0.6) is 0 Å². The van der Waals surface area contributed by atoms with Crippen molar-refractivity contribution < 1.29 is 9.53 Å². The molecule has 2 rings (SSSR count). The first-order valence-corrected chi connectivity index (χ1v) is 8.16. The van der Waals surface area contributed by atoms with Crippen LogP contribution >= 0.6 is 22.6 Å². The maximum Gasteiger partial charge on any atom is 0.410 e. The number of amides is 1. The van der Waals surface area contributed by atoms with E-state index in [1.54, 1.807) is 4.90 Å². The third kappa shape index (κ3) is 4.72. The summed E-state index contributed by atoms with van der Waals surface area (Å²) < 4.78 is 8.41. The molecule has 2 heterocycles. The summed E-state index contributed by atoms with van der Waals surface area (Å²) in [6.07, 6.45) is 5.69. The van der Waals surface area contributed by atoms with Crippen molar-refractivity contribution in [1.29, 1.82) is 0 Å². The molecule has 21 heavy (non-hydrogen) atoms. The fourth-order valence-electron chi connectivity index (χ4n) is 2.18. The average Bonchev–Trinajstić information content (AvgIpc) is 2.67. The minimum absolute atomic E-state index is 0.231. The maximum atomic E-state index is 12.0. The zero-order valence-electron chi connectivity index (χ0n) is 13.0. The molecule has 1 aromatic rings. The first kappa shape index (κ1) is 16.3. The summed E-state index contributed by atoms with van der Waals surface area (Å²) in [4.78, 5) is 18.2. The van der Waals surface area contributed by atoms with Crippen LogP contribution in [0.1, 0.15) is 32.9 Å². The number of carbonyl (C=O) groups is 1. The van der Waals surface area contributed by atoms with Gasteiger partial charge in [0.15, 0.2) is 3.83 Å². The summed E-state index contributed by atoms with van der Waals surface area (Å²) in [5, 5.41) is 0. The number of ether oxygens (including phenoxy) is 1. The van der Waals surface area contributed by atoms with Gasteiger partial charge in [0.05, 0.1) is 5.69 Å². The van der Waals surface area contributed by atoms with E-state index in [-0.39, 0.29) is 6.09 Å². The quantitative estimate of drug-likeness (QED) is 0.563. The standard InChI is InChI=1S/C15H22IN3O2/c1-15(2,3)21-14(20)19-7-5-11(6-8-19)9-12-10-18(4)13(16)17-12/h5,10H,6-9H2,1-4H3. The van der Waals surface area contributed by atoms with Crippen LogP contribution < -0.4 is 0 Å². The molecule has 1 aliphatic rings. The van der Waals surface area contributed by atoms with E-state index in [1.165, 1.54) is 5.57 Å². The van der Waals surface area contributed by atoms with E-state index < -0.39 is 5.60 Å². The highest BCUT2D eigenvalue weighted by Crippen LogP contribution is 2.18. The van der Waals surface area contributed by atoms with E-state index in [4.69, 9.17) is 4.74 Å². The van der Waals surface area contributed by atoms with E-state index in [1.807, 2.05) is 32.4 Å². The van der Waals surface area contributed by atoms with E-state index in [2.05, 4.69) is 39.8 Å². The molecule has 0 N–H and O–H groups in total. The van der Waals surface area contributed by atoms with Crippen molar-refractivity contribution in [2.24, 2.45) is 7.05 Å². The second-order valence-electron chi connectivity index (χ2n) is 6.33. The highest BCUT2D eigenvalue weighted by Gasteiger charge is 2.23. The predicted octanol–water partition coefficient (Wildman–Crippen LogP) is 3.13. The van der Waals surface area contributed by atoms with Crippen LogP contribution in [0.2, 0.25) is 0 Å². The Morgan fingerprint density at radius 3 is 2.67 bits per heavy atom. The van der Waals surface area contributed by atoms with Gasteiger partial charge < -0.3 is 14.2 Å². The smallest absolute Gasteiger partial charge is 0.410 e. The summed E-state index contributed by atoms with van der Waals surface area (Å²) in [5.74, 6) is 0. The van der Waals surface area contributed by atoms with Crippen molar-refractivity contribution in [2.45, 2.75) is 39.2 Å².